The third-order valence-electron chi connectivity index (χ3n) is 5.31. The maximum atomic E-state index is 13.3. The smallest absolute Gasteiger partial charge is 0.270 e. The van der Waals surface area contributed by atoms with Gasteiger partial charge in [-0.15, -0.1) is 0 Å². The first kappa shape index (κ1) is 22.1. The van der Waals surface area contributed by atoms with Crippen LogP contribution in [0, 0.1) is 10.1 Å². The number of fused-ring (bicyclic) bond motifs is 1. The summed E-state index contributed by atoms with van der Waals surface area (Å²) in [5.74, 6) is 1.16. The van der Waals surface area contributed by atoms with Crippen molar-refractivity contribution in [3.05, 3.63) is 58.3 Å². The van der Waals surface area contributed by atoms with Crippen LogP contribution in [-0.4, -0.2) is 51.1 Å². The molecule has 1 unspecified atom stereocenters. The molecule has 1 aliphatic rings. The largest absolute Gasteiger partial charge is 0.493 e. The van der Waals surface area contributed by atoms with Crippen LogP contribution < -0.4 is 10.1 Å². The molecule has 0 amide bonds. The SMILES string of the molecule is COc1cccc2cc(C(C)Nc3ccc([N+](=O)[O-])cc3S(=O)(=O)N3CCOCC3)oc12. The molecule has 1 aliphatic heterocycles. The van der Waals surface area contributed by atoms with Crippen LogP contribution in [0.25, 0.3) is 11.0 Å². The van der Waals surface area contributed by atoms with Gasteiger partial charge >= 0.3 is 0 Å². The minimum Gasteiger partial charge on any atom is -0.493 e. The lowest BCUT2D eigenvalue weighted by atomic mass is 10.2. The van der Waals surface area contributed by atoms with Crippen molar-refractivity contribution in [2.75, 3.05) is 38.7 Å². The number of hydrogen-bond acceptors (Lipinski definition) is 8. The highest BCUT2D eigenvalue weighted by Gasteiger charge is 2.31. The molecule has 0 saturated carbocycles. The molecule has 10 nitrogen and oxygen atoms in total. The quantitative estimate of drug-likeness (QED) is 0.418. The third kappa shape index (κ3) is 4.14. The van der Waals surface area contributed by atoms with E-state index in [4.69, 9.17) is 13.9 Å². The molecule has 1 fully saturated rings. The molecule has 1 N–H and O–H groups in total. The molecule has 0 spiro atoms. The summed E-state index contributed by atoms with van der Waals surface area (Å²) in [6.45, 7) is 2.73. The fourth-order valence-electron chi connectivity index (χ4n) is 3.62. The van der Waals surface area contributed by atoms with Gasteiger partial charge in [-0.3, -0.25) is 10.1 Å². The van der Waals surface area contributed by atoms with E-state index in [1.807, 2.05) is 25.1 Å². The van der Waals surface area contributed by atoms with E-state index < -0.39 is 21.0 Å². The minimum absolute atomic E-state index is 0.158. The molecule has 170 valence electrons. The van der Waals surface area contributed by atoms with Gasteiger partial charge < -0.3 is 19.2 Å². The van der Waals surface area contributed by atoms with Crippen molar-refractivity contribution in [1.82, 2.24) is 4.31 Å². The standard InChI is InChI=1S/C21H23N3O7S/c1-14(19-12-15-4-3-5-18(29-2)21(15)31-19)22-17-7-6-16(24(25)26)13-20(17)32(27,28)23-8-10-30-11-9-23/h3-7,12-14,22H,8-11H2,1-2H3. The molecule has 1 aromatic heterocycles. The van der Waals surface area contributed by atoms with Crippen molar-refractivity contribution in [2.24, 2.45) is 0 Å². The fraction of sp³-hybridized carbons (Fsp3) is 0.333. The van der Waals surface area contributed by atoms with E-state index in [0.29, 0.717) is 17.1 Å². The Bertz CT molecular complexity index is 1250. The molecule has 4 rings (SSSR count). The Morgan fingerprint density at radius 2 is 1.94 bits per heavy atom. The monoisotopic (exact) mass is 461 g/mol. The summed E-state index contributed by atoms with van der Waals surface area (Å²) < 4.78 is 44.4. The van der Waals surface area contributed by atoms with Gasteiger partial charge in [-0.25, -0.2) is 8.42 Å². The molecule has 2 aromatic carbocycles. The Morgan fingerprint density at radius 1 is 1.19 bits per heavy atom. The van der Waals surface area contributed by atoms with E-state index in [1.165, 1.54) is 16.4 Å². The predicted octanol–water partition coefficient (Wildman–Crippen LogP) is 3.54. The highest BCUT2D eigenvalue weighted by atomic mass is 32.2. The van der Waals surface area contributed by atoms with Gasteiger partial charge in [0.15, 0.2) is 11.3 Å². The Balaban J connectivity index is 1.71. The van der Waals surface area contributed by atoms with Gasteiger partial charge in [0.25, 0.3) is 5.69 Å². The van der Waals surface area contributed by atoms with Crippen LogP contribution in [0.15, 0.2) is 51.8 Å². The first-order valence-electron chi connectivity index (χ1n) is 10.0. The molecule has 1 saturated heterocycles. The number of non-ortho nitro benzene ring substituents is 1. The van der Waals surface area contributed by atoms with Crippen molar-refractivity contribution in [2.45, 2.75) is 17.9 Å². The maximum absolute atomic E-state index is 13.3. The van der Waals surface area contributed by atoms with E-state index in [1.54, 1.807) is 13.2 Å². The number of rotatable bonds is 7. The lowest BCUT2D eigenvalue weighted by Crippen LogP contribution is -2.40. The molecule has 1 atom stereocenters. The van der Waals surface area contributed by atoms with E-state index in [9.17, 15) is 18.5 Å². The van der Waals surface area contributed by atoms with Gasteiger partial charge in [-0.1, -0.05) is 12.1 Å². The third-order valence-corrected chi connectivity index (χ3v) is 7.25. The number of methoxy groups -OCH3 is 1. The molecule has 11 heteroatoms. The highest BCUT2D eigenvalue weighted by molar-refractivity contribution is 7.89. The molecule has 32 heavy (non-hydrogen) atoms. The van der Waals surface area contributed by atoms with Crippen LogP contribution in [-0.2, 0) is 14.8 Å². The second kappa shape index (κ2) is 8.77. The van der Waals surface area contributed by atoms with E-state index in [2.05, 4.69) is 5.32 Å². The van der Waals surface area contributed by atoms with Crippen LogP contribution in [0.2, 0.25) is 0 Å². The topological polar surface area (TPSA) is 124 Å². The lowest BCUT2D eigenvalue weighted by molar-refractivity contribution is -0.385. The van der Waals surface area contributed by atoms with Crippen LogP contribution >= 0.6 is 0 Å². The molecule has 0 bridgehead atoms. The number of hydrogen-bond donors (Lipinski definition) is 1. The number of furan rings is 1. The number of nitro benzene ring substituents is 1. The van der Waals surface area contributed by atoms with E-state index >= 15 is 0 Å². The van der Waals surface area contributed by atoms with Gasteiger partial charge in [0, 0.05) is 30.6 Å². The summed E-state index contributed by atoms with van der Waals surface area (Å²) in [6.07, 6.45) is 0. The molecular formula is C21H23N3O7S. The number of sulfonamides is 1. The normalized spacial score (nSPS) is 16.1. The zero-order valence-corrected chi connectivity index (χ0v) is 18.4. The number of ether oxygens (including phenoxy) is 2. The molecule has 0 radical (unpaired) electrons. The molecule has 3 aromatic rings. The maximum Gasteiger partial charge on any atom is 0.270 e. The minimum atomic E-state index is -3.98. The number of anilines is 1. The van der Waals surface area contributed by atoms with Crippen LogP contribution in [0.3, 0.4) is 0 Å². The number of morpholine rings is 1. The van der Waals surface area contributed by atoms with Crippen molar-refractivity contribution < 1.29 is 27.2 Å². The zero-order chi connectivity index (χ0) is 22.9. The van der Waals surface area contributed by atoms with Gasteiger partial charge in [-0.05, 0) is 25.1 Å². The first-order chi connectivity index (χ1) is 15.3. The summed E-state index contributed by atoms with van der Waals surface area (Å²) in [7, 11) is -2.42. The van der Waals surface area contributed by atoms with Gasteiger partial charge in [0.2, 0.25) is 10.0 Å². The summed E-state index contributed by atoms with van der Waals surface area (Å²) in [5, 5.41) is 15.3. The van der Waals surface area contributed by atoms with Gasteiger partial charge in [0.05, 0.1) is 37.0 Å². The van der Waals surface area contributed by atoms with Crippen molar-refractivity contribution >= 4 is 32.4 Å². The predicted molar refractivity (Wildman–Crippen MR) is 117 cm³/mol. The Kier molecular flexibility index (Phi) is 6.04. The Hall–Kier alpha value is -3.15. The average molecular weight is 461 g/mol. The van der Waals surface area contributed by atoms with Crippen LogP contribution in [0.1, 0.15) is 18.7 Å². The van der Waals surface area contributed by atoms with Crippen LogP contribution in [0.5, 0.6) is 5.75 Å². The highest BCUT2D eigenvalue weighted by Crippen LogP contribution is 2.35. The first-order valence-corrected chi connectivity index (χ1v) is 11.4. The molecule has 2 heterocycles. The van der Waals surface area contributed by atoms with Crippen molar-refractivity contribution in [3.8, 4) is 5.75 Å². The summed E-state index contributed by atoms with van der Waals surface area (Å²) in [4.78, 5) is 10.5. The summed E-state index contributed by atoms with van der Waals surface area (Å²) in [6, 6.07) is 10.7. The number of nitro groups is 1. The second-order valence-corrected chi connectivity index (χ2v) is 9.25. The fourth-order valence-corrected chi connectivity index (χ4v) is 5.20. The number of para-hydroxylation sites is 1. The Labute approximate surface area is 184 Å². The van der Waals surface area contributed by atoms with Gasteiger partial charge in [0.1, 0.15) is 10.7 Å². The number of nitrogens with zero attached hydrogens (tertiary/aromatic N) is 2. The summed E-state index contributed by atoms with van der Waals surface area (Å²) >= 11 is 0. The zero-order valence-electron chi connectivity index (χ0n) is 17.6. The lowest BCUT2D eigenvalue weighted by Gasteiger charge is -2.27. The van der Waals surface area contributed by atoms with Crippen molar-refractivity contribution in [1.29, 1.82) is 0 Å². The Morgan fingerprint density at radius 3 is 2.62 bits per heavy atom. The van der Waals surface area contributed by atoms with E-state index in [0.717, 1.165) is 11.5 Å². The average Bonchev–Trinajstić information content (AvgIpc) is 3.24. The molecular weight excluding hydrogens is 438 g/mol. The summed E-state index contributed by atoms with van der Waals surface area (Å²) in [5.41, 5.74) is 0.536. The van der Waals surface area contributed by atoms with Gasteiger partial charge in [-0.2, -0.15) is 4.31 Å². The van der Waals surface area contributed by atoms with Crippen LogP contribution in [0.4, 0.5) is 11.4 Å². The van der Waals surface area contributed by atoms with E-state index in [-0.39, 0.29) is 42.6 Å². The van der Waals surface area contributed by atoms with Crippen molar-refractivity contribution in [3.63, 3.8) is 0 Å². The second-order valence-electron chi connectivity index (χ2n) is 7.35. The number of benzene rings is 2. The molecule has 0 aliphatic carbocycles. The number of nitrogens with one attached hydrogen (secondary N) is 1.